The number of aromatic nitrogens is 1. The van der Waals surface area contributed by atoms with Crippen molar-refractivity contribution < 1.29 is 19.0 Å². The summed E-state index contributed by atoms with van der Waals surface area (Å²) >= 11 is 0. The van der Waals surface area contributed by atoms with E-state index in [2.05, 4.69) is 15.6 Å². The molecule has 0 aliphatic rings. The van der Waals surface area contributed by atoms with Gasteiger partial charge in [-0.2, -0.15) is 0 Å². The lowest BCUT2D eigenvalue weighted by Gasteiger charge is -2.14. The number of amides is 1. The Bertz CT molecular complexity index is 667. The second-order valence-electron chi connectivity index (χ2n) is 5.21. The maximum absolute atomic E-state index is 12.1. The van der Waals surface area contributed by atoms with Gasteiger partial charge in [-0.05, 0) is 12.1 Å². The molecule has 0 bridgehead atoms. The van der Waals surface area contributed by atoms with Crippen molar-refractivity contribution in [3.8, 4) is 17.2 Å². The molecule has 0 saturated carbocycles. The number of nitrogens with zero attached hydrogens (tertiary/aromatic N) is 1. The largest absolute Gasteiger partial charge is 0.493 e. The summed E-state index contributed by atoms with van der Waals surface area (Å²) in [5, 5.41) is 6.02. The summed E-state index contributed by atoms with van der Waals surface area (Å²) in [6.45, 7) is 1.17. The van der Waals surface area contributed by atoms with E-state index in [4.69, 9.17) is 14.2 Å². The molecule has 0 aliphatic carbocycles. The number of ether oxygens (including phenoxy) is 3. The van der Waals surface area contributed by atoms with Crippen LogP contribution in [0.3, 0.4) is 0 Å². The molecule has 2 N–H and O–H groups in total. The normalized spacial score (nSPS) is 10.2. The van der Waals surface area contributed by atoms with E-state index in [0.29, 0.717) is 42.4 Å². The van der Waals surface area contributed by atoms with Gasteiger partial charge in [-0.1, -0.05) is 6.07 Å². The number of carbonyl (C=O) groups is 1. The van der Waals surface area contributed by atoms with Gasteiger partial charge in [0.2, 0.25) is 11.7 Å². The highest BCUT2D eigenvalue weighted by Crippen LogP contribution is 2.39. The van der Waals surface area contributed by atoms with Crippen LogP contribution in [0.2, 0.25) is 0 Å². The maximum Gasteiger partial charge on any atom is 0.225 e. The van der Waals surface area contributed by atoms with Crippen LogP contribution in [-0.2, 0) is 11.3 Å². The van der Waals surface area contributed by atoms with Crippen LogP contribution in [0.4, 0.5) is 5.69 Å². The topological polar surface area (TPSA) is 81.7 Å². The molecule has 25 heavy (non-hydrogen) atoms. The second kappa shape index (κ2) is 9.48. The molecule has 0 aliphatic heterocycles. The number of anilines is 1. The molecule has 7 nitrogen and oxygen atoms in total. The van der Waals surface area contributed by atoms with Gasteiger partial charge in [0, 0.05) is 43.5 Å². The lowest BCUT2D eigenvalue weighted by atomic mass is 10.2. The van der Waals surface area contributed by atoms with Gasteiger partial charge in [0.05, 0.1) is 27.0 Å². The first-order chi connectivity index (χ1) is 12.2. The first kappa shape index (κ1) is 18.5. The Balaban J connectivity index is 1.87. The molecule has 1 amide bonds. The summed E-state index contributed by atoms with van der Waals surface area (Å²) < 4.78 is 15.8. The van der Waals surface area contributed by atoms with Crippen LogP contribution in [-0.4, -0.2) is 38.8 Å². The Morgan fingerprint density at radius 2 is 1.80 bits per heavy atom. The average molecular weight is 345 g/mol. The third-order valence-electron chi connectivity index (χ3n) is 3.51. The molecule has 1 aromatic heterocycles. The molecule has 1 aromatic carbocycles. The molecular formula is C18H23N3O4. The van der Waals surface area contributed by atoms with Gasteiger partial charge in [-0.15, -0.1) is 0 Å². The zero-order valence-corrected chi connectivity index (χ0v) is 14.7. The fourth-order valence-electron chi connectivity index (χ4n) is 2.30. The van der Waals surface area contributed by atoms with Crippen molar-refractivity contribution in [3.05, 3.63) is 42.2 Å². The van der Waals surface area contributed by atoms with Gasteiger partial charge in [0.25, 0.3) is 0 Å². The lowest BCUT2D eigenvalue weighted by Crippen LogP contribution is -2.21. The Hall–Kier alpha value is -2.80. The van der Waals surface area contributed by atoms with Gasteiger partial charge >= 0.3 is 0 Å². The van der Waals surface area contributed by atoms with Crippen LogP contribution in [0, 0.1) is 0 Å². The first-order valence-electron chi connectivity index (χ1n) is 7.88. The van der Waals surface area contributed by atoms with Gasteiger partial charge in [-0.3, -0.25) is 9.78 Å². The summed E-state index contributed by atoms with van der Waals surface area (Å²) in [5.74, 6) is 1.36. The van der Waals surface area contributed by atoms with Gasteiger partial charge in [-0.25, -0.2) is 0 Å². The fourth-order valence-corrected chi connectivity index (χ4v) is 2.30. The molecule has 0 radical (unpaired) electrons. The molecule has 7 heteroatoms. The molecule has 134 valence electrons. The number of rotatable bonds is 9. The van der Waals surface area contributed by atoms with E-state index in [1.165, 1.54) is 21.3 Å². The molecule has 1 heterocycles. The summed E-state index contributed by atoms with van der Waals surface area (Å²) in [4.78, 5) is 16.3. The van der Waals surface area contributed by atoms with Gasteiger partial charge in [0.15, 0.2) is 11.5 Å². The highest BCUT2D eigenvalue weighted by atomic mass is 16.5. The van der Waals surface area contributed by atoms with Crippen LogP contribution in [0.25, 0.3) is 0 Å². The predicted octanol–water partition coefficient (Wildman–Crippen LogP) is 2.23. The number of benzene rings is 1. The van der Waals surface area contributed by atoms with Crippen molar-refractivity contribution in [1.29, 1.82) is 0 Å². The predicted molar refractivity (Wildman–Crippen MR) is 95.3 cm³/mol. The Labute approximate surface area is 147 Å². The number of carbonyl (C=O) groups excluding carboxylic acids is 1. The van der Waals surface area contributed by atoms with E-state index in [0.717, 1.165) is 5.69 Å². The van der Waals surface area contributed by atoms with Crippen LogP contribution in [0.1, 0.15) is 12.1 Å². The molecule has 0 spiro atoms. The van der Waals surface area contributed by atoms with Crippen LogP contribution < -0.4 is 24.8 Å². The van der Waals surface area contributed by atoms with E-state index in [1.54, 1.807) is 18.3 Å². The number of methoxy groups -OCH3 is 3. The van der Waals surface area contributed by atoms with Crippen LogP contribution in [0.15, 0.2) is 36.5 Å². The molecule has 0 fully saturated rings. The summed E-state index contributed by atoms with van der Waals surface area (Å²) in [6, 6.07) is 9.12. The molecule has 2 aromatic rings. The maximum atomic E-state index is 12.1. The first-order valence-corrected chi connectivity index (χ1v) is 7.88. The minimum atomic E-state index is -0.109. The Morgan fingerprint density at radius 1 is 1.08 bits per heavy atom. The van der Waals surface area contributed by atoms with Crippen molar-refractivity contribution in [3.63, 3.8) is 0 Å². The number of nitrogens with one attached hydrogen (secondary N) is 2. The van der Waals surface area contributed by atoms with Crippen molar-refractivity contribution in [2.45, 2.75) is 13.0 Å². The smallest absolute Gasteiger partial charge is 0.225 e. The SMILES string of the molecule is COc1cc(NC(=O)CCNCc2ccccn2)cc(OC)c1OC. The van der Waals surface area contributed by atoms with Crippen LogP contribution >= 0.6 is 0 Å². The van der Waals surface area contributed by atoms with Gasteiger partial charge in [0.1, 0.15) is 0 Å². The van der Waals surface area contributed by atoms with Crippen molar-refractivity contribution in [2.75, 3.05) is 33.2 Å². The zero-order chi connectivity index (χ0) is 18.1. The van der Waals surface area contributed by atoms with E-state index < -0.39 is 0 Å². The molecule has 0 atom stereocenters. The summed E-state index contributed by atoms with van der Waals surface area (Å²) in [6.07, 6.45) is 2.08. The van der Waals surface area contributed by atoms with Crippen molar-refractivity contribution in [2.24, 2.45) is 0 Å². The van der Waals surface area contributed by atoms with E-state index in [9.17, 15) is 4.79 Å². The third-order valence-corrected chi connectivity index (χ3v) is 3.51. The van der Waals surface area contributed by atoms with Crippen LogP contribution in [0.5, 0.6) is 17.2 Å². The van der Waals surface area contributed by atoms with E-state index in [1.807, 2.05) is 18.2 Å². The molecule has 2 rings (SSSR count). The molecular weight excluding hydrogens is 322 g/mol. The average Bonchev–Trinajstić information content (AvgIpc) is 2.65. The number of hydrogen-bond acceptors (Lipinski definition) is 6. The fraction of sp³-hybridized carbons (Fsp3) is 0.333. The second-order valence-corrected chi connectivity index (χ2v) is 5.21. The van der Waals surface area contributed by atoms with E-state index in [-0.39, 0.29) is 5.91 Å². The standard InChI is InChI=1S/C18H23N3O4/c1-23-15-10-14(11-16(24-2)18(15)25-3)21-17(22)7-9-19-12-13-6-4-5-8-20-13/h4-6,8,10-11,19H,7,9,12H2,1-3H3,(H,21,22). The Morgan fingerprint density at radius 3 is 2.36 bits per heavy atom. The third kappa shape index (κ3) is 5.36. The summed E-state index contributed by atoms with van der Waals surface area (Å²) in [7, 11) is 4.60. The Kier molecular flexibility index (Phi) is 7.03. The zero-order valence-electron chi connectivity index (χ0n) is 14.7. The minimum Gasteiger partial charge on any atom is -0.493 e. The molecule has 0 unspecified atom stereocenters. The number of hydrogen-bond donors (Lipinski definition) is 2. The minimum absolute atomic E-state index is 0.109. The van der Waals surface area contributed by atoms with Gasteiger partial charge < -0.3 is 24.8 Å². The number of pyridine rings is 1. The lowest BCUT2D eigenvalue weighted by molar-refractivity contribution is -0.116. The highest BCUT2D eigenvalue weighted by molar-refractivity contribution is 5.91. The summed E-state index contributed by atoms with van der Waals surface area (Å²) in [5.41, 5.74) is 1.52. The quantitative estimate of drug-likeness (QED) is 0.678. The monoisotopic (exact) mass is 345 g/mol. The highest BCUT2D eigenvalue weighted by Gasteiger charge is 2.14. The van der Waals surface area contributed by atoms with Crippen molar-refractivity contribution in [1.82, 2.24) is 10.3 Å². The van der Waals surface area contributed by atoms with E-state index >= 15 is 0 Å². The van der Waals surface area contributed by atoms with Crippen molar-refractivity contribution >= 4 is 11.6 Å². The molecule has 0 saturated heterocycles.